The van der Waals surface area contributed by atoms with E-state index in [4.69, 9.17) is 8.94 Å². The van der Waals surface area contributed by atoms with E-state index in [1.807, 2.05) is 17.0 Å². The molecule has 0 radical (unpaired) electrons. The van der Waals surface area contributed by atoms with Crippen molar-refractivity contribution in [2.45, 2.75) is 18.8 Å². The average Bonchev–Trinajstić information content (AvgIpc) is 3.52. The summed E-state index contributed by atoms with van der Waals surface area (Å²) in [6.45, 7) is 1.16. The van der Waals surface area contributed by atoms with Crippen LogP contribution in [-0.2, 0) is 0 Å². The summed E-state index contributed by atoms with van der Waals surface area (Å²) in [5.41, 5.74) is 2.03. The van der Waals surface area contributed by atoms with E-state index in [-0.39, 0.29) is 17.6 Å². The van der Waals surface area contributed by atoms with Crippen molar-refractivity contribution in [3.8, 4) is 22.7 Å². The molecule has 2 aromatic carbocycles. The molecule has 0 saturated carbocycles. The number of carbonyl (C=O) groups excluding carboxylic acids is 1. The molecule has 2 aromatic heterocycles. The highest BCUT2D eigenvalue weighted by Gasteiger charge is 2.29. The van der Waals surface area contributed by atoms with Crippen molar-refractivity contribution in [1.82, 2.24) is 20.0 Å². The van der Waals surface area contributed by atoms with Gasteiger partial charge < -0.3 is 13.8 Å². The zero-order chi connectivity index (χ0) is 21.2. The van der Waals surface area contributed by atoms with Crippen LogP contribution in [0.2, 0.25) is 0 Å². The van der Waals surface area contributed by atoms with Crippen LogP contribution >= 0.6 is 0 Å². The first kappa shape index (κ1) is 19.2. The second-order valence-electron chi connectivity index (χ2n) is 7.50. The zero-order valence-electron chi connectivity index (χ0n) is 16.6. The molecule has 0 spiro atoms. The molecule has 1 aliphatic heterocycles. The van der Waals surface area contributed by atoms with E-state index in [0.717, 1.165) is 18.4 Å². The summed E-state index contributed by atoms with van der Waals surface area (Å²) in [4.78, 5) is 23.2. The molecule has 1 atom stereocenters. The quantitative estimate of drug-likeness (QED) is 0.483. The molecule has 1 amide bonds. The van der Waals surface area contributed by atoms with Crippen molar-refractivity contribution < 1.29 is 18.1 Å². The highest BCUT2D eigenvalue weighted by Crippen LogP contribution is 2.29. The summed E-state index contributed by atoms with van der Waals surface area (Å²) >= 11 is 0. The fourth-order valence-electron chi connectivity index (χ4n) is 3.83. The number of hydrogen-bond donors (Lipinski definition) is 0. The highest BCUT2D eigenvalue weighted by molar-refractivity contribution is 5.94. The first-order valence-corrected chi connectivity index (χ1v) is 10.0. The maximum atomic E-state index is 13.5. The molecule has 1 saturated heterocycles. The molecule has 7 nitrogen and oxygen atoms in total. The topological polar surface area (TPSA) is 85.3 Å². The highest BCUT2D eigenvalue weighted by atomic mass is 19.1. The Morgan fingerprint density at radius 3 is 2.77 bits per heavy atom. The number of aromatic nitrogens is 3. The monoisotopic (exact) mass is 418 g/mol. The van der Waals surface area contributed by atoms with Gasteiger partial charge in [-0.1, -0.05) is 29.4 Å². The van der Waals surface area contributed by atoms with Crippen LogP contribution in [0, 0.1) is 5.82 Å². The average molecular weight is 418 g/mol. The van der Waals surface area contributed by atoms with Gasteiger partial charge in [0.2, 0.25) is 11.7 Å². The fourth-order valence-corrected chi connectivity index (χ4v) is 3.83. The molecular formula is C23H19FN4O3. The van der Waals surface area contributed by atoms with E-state index in [1.165, 1.54) is 18.5 Å². The molecule has 1 fully saturated rings. The molecule has 31 heavy (non-hydrogen) atoms. The van der Waals surface area contributed by atoms with Crippen molar-refractivity contribution >= 4 is 5.91 Å². The maximum absolute atomic E-state index is 13.5. The predicted octanol–water partition coefficient (Wildman–Crippen LogP) is 4.55. The second-order valence-corrected chi connectivity index (χ2v) is 7.50. The number of halogens is 1. The van der Waals surface area contributed by atoms with Gasteiger partial charge >= 0.3 is 0 Å². The van der Waals surface area contributed by atoms with Crippen LogP contribution in [0.4, 0.5) is 4.39 Å². The van der Waals surface area contributed by atoms with Crippen LogP contribution in [0.1, 0.15) is 35.0 Å². The Hall–Kier alpha value is -3.81. The Morgan fingerprint density at radius 2 is 2.00 bits per heavy atom. The first-order chi connectivity index (χ1) is 15.2. The fraction of sp³-hybridized carbons (Fsp3) is 0.217. The Labute approximate surface area is 177 Å². The number of benzene rings is 2. The molecular weight excluding hydrogens is 399 g/mol. The number of amides is 1. The Balaban J connectivity index is 1.30. The van der Waals surface area contributed by atoms with Crippen molar-refractivity contribution in [2.24, 2.45) is 0 Å². The van der Waals surface area contributed by atoms with Crippen LogP contribution in [-0.4, -0.2) is 39.0 Å². The van der Waals surface area contributed by atoms with Gasteiger partial charge in [0.1, 0.15) is 5.82 Å². The number of hydrogen-bond acceptors (Lipinski definition) is 6. The summed E-state index contributed by atoms with van der Waals surface area (Å²) < 4.78 is 24.2. The second kappa shape index (κ2) is 8.14. The molecule has 3 heterocycles. The van der Waals surface area contributed by atoms with E-state index >= 15 is 0 Å². The molecule has 5 rings (SSSR count). The molecule has 8 heteroatoms. The molecule has 0 bridgehead atoms. The van der Waals surface area contributed by atoms with Gasteiger partial charge in [-0.15, -0.1) is 0 Å². The largest absolute Gasteiger partial charge is 0.444 e. The van der Waals surface area contributed by atoms with Gasteiger partial charge in [0.15, 0.2) is 12.2 Å². The van der Waals surface area contributed by atoms with Gasteiger partial charge in [0.25, 0.3) is 5.91 Å². The van der Waals surface area contributed by atoms with Crippen LogP contribution in [0.25, 0.3) is 22.7 Å². The molecule has 0 N–H and O–H groups in total. The van der Waals surface area contributed by atoms with Gasteiger partial charge in [-0.25, -0.2) is 9.37 Å². The van der Waals surface area contributed by atoms with Gasteiger partial charge in [-0.05, 0) is 37.1 Å². The summed E-state index contributed by atoms with van der Waals surface area (Å²) in [5, 5.41) is 3.99. The molecule has 4 aromatic rings. The molecule has 1 aliphatic rings. The number of carbonyl (C=O) groups is 1. The lowest BCUT2D eigenvalue weighted by atomic mass is 9.97. The van der Waals surface area contributed by atoms with E-state index in [2.05, 4.69) is 15.1 Å². The molecule has 1 unspecified atom stereocenters. The number of oxazole rings is 1. The van der Waals surface area contributed by atoms with Crippen molar-refractivity contribution in [3.63, 3.8) is 0 Å². The predicted molar refractivity (Wildman–Crippen MR) is 110 cm³/mol. The minimum absolute atomic E-state index is 0.0429. The summed E-state index contributed by atoms with van der Waals surface area (Å²) in [6.07, 6.45) is 4.69. The standard InChI is InChI=1S/C23H19FN4O3/c24-19-5-1-3-17(11-19)21-26-22(31-27-21)18-4-2-10-28(13-18)23(29)16-8-6-15(7-9-16)20-12-25-14-30-20/h1,3,5-9,11-12,14,18H,2,4,10,13H2. The normalized spacial score (nSPS) is 16.4. The van der Waals surface area contributed by atoms with Gasteiger partial charge in [0, 0.05) is 29.8 Å². The van der Waals surface area contributed by atoms with E-state index in [9.17, 15) is 9.18 Å². The van der Waals surface area contributed by atoms with Gasteiger partial charge in [-0.3, -0.25) is 4.79 Å². The van der Waals surface area contributed by atoms with Crippen molar-refractivity contribution in [3.05, 3.63) is 78.4 Å². The van der Waals surface area contributed by atoms with Crippen molar-refractivity contribution in [2.75, 3.05) is 13.1 Å². The summed E-state index contributed by atoms with van der Waals surface area (Å²) in [5.74, 6) is 1.02. The van der Waals surface area contributed by atoms with Crippen molar-refractivity contribution in [1.29, 1.82) is 0 Å². The Bertz CT molecular complexity index is 1190. The van der Waals surface area contributed by atoms with Crippen LogP contribution in [0.5, 0.6) is 0 Å². The van der Waals surface area contributed by atoms with Crippen LogP contribution < -0.4 is 0 Å². The Kier molecular flexibility index (Phi) is 5.03. The number of likely N-dealkylation sites (tertiary alicyclic amines) is 1. The number of piperidine rings is 1. The molecule has 156 valence electrons. The minimum atomic E-state index is -0.354. The number of nitrogens with zero attached hydrogens (tertiary/aromatic N) is 4. The third-order valence-corrected chi connectivity index (χ3v) is 5.43. The molecule has 0 aliphatic carbocycles. The SMILES string of the molecule is O=C(c1ccc(-c2cnco2)cc1)N1CCCC(c2nc(-c3cccc(F)c3)no2)C1. The lowest BCUT2D eigenvalue weighted by molar-refractivity contribution is 0.0695. The number of rotatable bonds is 4. The lowest BCUT2D eigenvalue weighted by Crippen LogP contribution is -2.39. The van der Waals surface area contributed by atoms with E-state index in [0.29, 0.717) is 41.7 Å². The lowest BCUT2D eigenvalue weighted by Gasteiger charge is -2.31. The third kappa shape index (κ3) is 3.96. The van der Waals surface area contributed by atoms with E-state index in [1.54, 1.807) is 30.5 Å². The summed E-state index contributed by atoms with van der Waals surface area (Å²) in [6, 6.07) is 13.3. The summed E-state index contributed by atoms with van der Waals surface area (Å²) in [7, 11) is 0. The minimum Gasteiger partial charge on any atom is -0.444 e. The van der Waals surface area contributed by atoms with E-state index < -0.39 is 0 Å². The van der Waals surface area contributed by atoms with Crippen LogP contribution in [0.15, 0.2) is 70.1 Å². The maximum Gasteiger partial charge on any atom is 0.253 e. The smallest absolute Gasteiger partial charge is 0.253 e. The third-order valence-electron chi connectivity index (χ3n) is 5.43. The van der Waals surface area contributed by atoms with Crippen LogP contribution in [0.3, 0.4) is 0 Å². The zero-order valence-corrected chi connectivity index (χ0v) is 16.6. The first-order valence-electron chi connectivity index (χ1n) is 10.0. The Morgan fingerprint density at radius 1 is 1.13 bits per heavy atom. The van der Waals surface area contributed by atoms with Gasteiger partial charge in [0.05, 0.1) is 12.1 Å². The van der Waals surface area contributed by atoms with Gasteiger partial charge in [-0.2, -0.15) is 4.98 Å².